The maximum Gasteiger partial charge on any atom is 0.294 e. The first-order chi connectivity index (χ1) is 6.79. The fraction of sp³-hybridized carbons (Fsp3) is 0.455. The molecule has 0 aromatic heterocycles. The first-order valence-corrected chi connectivity index (χ1v) is 6.30. The standard InChI is InChI=1S/C11H16O3S/c1-4-11(2,3)9-7-5-6-8-10(9)15(12,13)14/h5-8H,4H2,1-3H3,(H,12,13,14). The maximum atomic E-state index is 11.2. The van der Waals surface area contributed by atoms with Crippen LogP contribution in [0.5, 0.6) is 0 Å². The molecule has 0 saturated carbocycles. The fourth-order valence-electron chi connectivity index (χ4n) is 1.44. The van der Waals surface area contributed by atoms with Crippen LogP contribution in [-0.4, -0.2) is 13.0 Å². The van der Waals surface area contributed by atoms with Crippen LogP contribution < -0.4 is 0 Å². The summed E-state index contributed by atoms with van der Waals surface area (Å²) in [6, 6.07) is 6.56. The van der Waals surface area contributed by atoms with Gasteiger partial charge in [-0.05, 0) is 23.5 Å². The normalized spacial score (nSPS) is 12.8. The molecule has 1 aromatic carbocycles. The highest BCUT2D eigenvalue weighted by Crippen LogP contribution is 2.31. The topological polar surface area (TPSA) is 54.4 Å². The van der Waals surface area contributed by atoms with Gasteiger partial charge in [0.15, 0.2) is 0 Å². The quantitative estimate of drug-likeness (QED) is 0.809. The zero-order valence-corrected chi connectivity index (χ0v) is 10.0. The number of benzene rings is 1. The van der Waals surface area contributed by atoms with Gasteiger partial charge in [-0.1, -0.05) is 39.0 Å². The first kappa shape index (κ1) is 12.2. The van der Waals surface area contributed by atoms with Gasteiger partial charge < -0.3 is 0 Å². The molecule has 0 radical (unpaired) electrons. The molecule has 0 heterocycles. The molecule has 3 nitrogen and oxygen atoms in total. The Balaban J connectivity index is 3.44. The molecule has 0 aliphatic carbocycles. The minimum atomic E-state index is -4.13. The van der Waals surface area contributed by atoms with Crippen molar-refractivity contribution in [3.63, 3.8) is 0 Å². The van der Waals surface area contributed by atoms with Gasteiger partial charge in [0, 0.05) is 0 Å². The van der Waals surface area contributed by atoms with Crippen LogP contribution in [0.1, 0.15) is 32.8 Å². The maximum absolute atomic E-state index is 11.2. The van der Waals surface area contributed by atoms with Crippen LogP contribution >= 0.6 is 0 Å². The highest BCUT2D eigenvalue weighted by atomic mass is 32.2. The summed E-state index contributed by atoms with van der Waals surface area (Å²) in [4.78, 5) is 0.0110. The molecule has 0 amide bonds. The average Bonchev–Trinajstić information content (AvgIpc) is 2.16. The minimum absolute atomic E-state index is 0.0110. The Morgan fingerprint density at radius 1 is 1.27 bits per heavy atom. The van der Waals surface area contributed by atoms with E-state index >= 15 is 0 Å². The molecular formula is C11H16O3S. The van der Waals surface area contributed by atoms with Crippen molar-refractivity contribution in [1.82, 2.24) is 0 Å². The van der Waals surface area contributed by atoms with E-state index in [1.54, 1.807) is 18.2 Å². The highest BCUT2D eigenvalue weighted by Gasteiger charge is 2.25. The van der Waals surface area contributed by atoms with Gasteiger partial charge in [0.2, 0.25) is 0 Å². The summed E-state index contributed by atoms with van der Waals surface area (Å²) in [5.41, 5.74) is 0.404. The van der Waals surface area contributed by atoms with Crippen LogP contribution in [0.4, 0.5) is 0 Å². The summed E-state index contributed by atoms with van der Waals surface area (Å²) in [6.45, 7) is 5.90. The van der Waals surface area contributed by atoms with Crippen LogP contribution in [0.2, 0.25) is 0 Å². The molecule has 15 heavy (non-hydrogen) atoms. The van der Waals surface area contributed by atoms with Gasteiger partial charge in [0.05, 0.1) is 4.90 Å². The van der Waals surface area contributed by atoms with Gasteiger partial charge in [-0.15, -0.1) is 0 Å². The second-order valence-electron chi connectivity index (χ2n) is 4.21. The Hall–Kier alpha value is -0.870. The summed E-state index contributed by atoms with van der Waals surface area (Å²) in [7, 11) is -4.13. The molecule has 4 heteroatoms. The summed E-state index contributed by atoms with van der Waals surface area (Å²) in [5.74, 6) is 0. The van der Waals surface area contributed by atoms with Gasteiger partial charge >= 0.3 is 0 Å². The second kappa shape index (κ2) is 3.94. The Morgan fingerprint density at radius 3 is 2.27 bits per heavy atom. The molecule has 1 aromatic rings. The summed E-state index contributed by atoms with van der Waals surface area (Å²) < 4.78 is 31.4. The summed E-state index contributed by atoms with van der Waals surface area (Å²) in [6.07, 6.45) is 0.805. The largest absolute Gasteiger partial charge is 0.294 e. The number of rotatable bonds is 3. The molecule has 0 spiro atoms. The Morgan fingerprint density at radius 2 is 1.80 bits per heavy atom. The van der Waals surface area contributed by atoms with Crippen molar-refractivity contribution in [2.45, 2.75) is 37.5 Å². The van der Waals surface area contributed by atoms with Crippen molar-refractivity contribution in [2.75, 3.05) is 0 Å². The van der Waals surface area contributed by atoms with E-state index in [2.05, 4.69) is 0 Å². The van der Waals surface area contributed by atoms with E-state index < -0.39 is 10.1 Å². The summed E-state index contributed by atoms with van der Waals surface area (Å²) in [5, 5.41) is 0. The third-order valence-electron chi connectivity index (χ3n) is 2.78. The molecule has 0 aliphatic rings. The number of hydrogen-bond donors (Lipinski definition) is 1. The van der Waals surface area contributed by atoms with E-state index in [9.17, 15) is 8.42 Å². The van der Waals surface area contributed by atoms with Crippen molar-refractivity contribution < 1.29 is 13.0 Å². The molecule has 0 saturated heterocycles. The van der Waals surface area contributed by atoms with Gasteiger partial charge in [-0.25, -0.2) is 0 Å². The second-order valence-corrected chi connectivity index (χ2v) is 5.60. The predicted molar refractivity (Wildman–Crippen MR) is 59.6 cm³/mol. The van der Waals surface area contributed by atoms with Crippen LogP contribution in [0.25, 0.3) is 0 Å². The third kappa shape index (κ3) is 2.58. The van der Waals surface area contributed by atoms with Crippen LogP contribution in [0.3, 0.4) is 0 Å². The Kier molecular flexibility index (Phi) is 3.21. The van der Waals surface area contributed by atoms with E-state index in [1.165, 1.54) is 6.07 Å². The lowest BCUT2D eigenvalue weighted by Crippen LogP contribution is -2.19. The van der Waals surface area contributed by atoms with Gasteiger partial charge in [0.25, 0.3) is 10.1 Å². The zero-order chi connectivity index (χ0) is 11.7. The third-order valence-corrected chi connectivity index (χ3v) is 3.69. The average molecular weight is 228 g/mol. The van der Waals surface area contributed by atoms with Gasteiger partial charge in [-0.2, -0.15) is 8.42 Å². The van der Waals surface area contributed by atoms with E-state index in [0.29, 0.717) is 5.56 Å². The molecular weight excluding hydrogens is 212 g/mol. The van der Waals surface area contributed by atoms with E-state index in [-0.39, 0.29) is 10.3 Å². The van der Waals surface area contributed by atoms with Crippen LogP contribution in [0.15, 0.2) is 29.2 Å². The molecule has 0 aliphatic heterocycles. The molecule has 84 valence electrons. The monoisotopic (exact) mass is 228 g/mol. The predicted octanol–water partition coefficient (Wildman–Crippen LogP) is 2.62. The molecule has 0 fully saturated rings. The van der Waals surface area contributed by atoms with E-state index in [0.717, 1.165) is 6.42 Å². The molecule has 1 N–H and O–H groups in total. The fourth-order valence-corrected chi connectivity index (χ4v) is 2.31. The van der Waals surface area contributed by atoms with Crippen molar-refractivity contribution in [2.24, 2.45) is 0 Å². The van der Waals surface area contributed by atoms with Gasteiger partial charge in [0.1, 0.15) is 0 Å². The van der Waals surface area contributed by atoms with Crippen molar-refractivity contribution in [3.8, 4) is 0 Å². The van der Waals surface area contributed by atoms with Crippen molar-refractivity contribution in [1.29, 1.82) is 0 Å². The first-order valence-electron chi connectivity index (χ1n) is 4.86. The highest BCUT2D eigenvalue weighted by molar-refractivity contribution is 7.85. The van der Waals surface area contributed by atoms with E-state index in [1.807, 2.05) is 20.8 Å². The Labute approximate surface area is 90.9 Å². The number of hydrogen-bond acceptors (Lipinski definition) is 2. The molecule has 0 unspecified atom stereocenters. The SMILES string of the molecule is CCC(C)(C)c1ccccc1S(=O)(=O)O. The van der Waals surface area contributed by atoms with Crippen LogP contribution in [0, 0.1) is 0 Å². The lowest BCUT2D eigenvalue weighted by Gasteiger charge is -2.25. The molecule has 1 rings (SSSR count). The zero-order valence-electron chi connectivity index (χ0n) is 9.19. The van der Waals surface area contributed by atoms with Gasteiger partial charge in [-0.3, -0.25) is 4.55 Å². The lowest BCUT2D eigenvalue weighted by molar-refractivity contribution is 0.464. The summed E-state index contributed by atoms with van der Waals surface area (Å²) >= 11 is 0. The lowest BCUT2D eigenvalue weighted by atomic mass is 9.82. The van der Waals surface area contributed by atoms with Crippen molar-refractivity contribution >= 4 is 10.1 Å². The minimum Gasteiger partial charge on any atom is -0.282 e. The molecule has 0 atom stereocenters. The van der Waals surface area contributed by atoms with Crippen LogP contribution in [-0.2, 0) is 15.5 Å². The molecule has 0 bridgehead atoms. The van der Waals surface area contributed by atoms with Crippen molar-refractivity contribution in [3.05, 3.63) is 29.8 Å². The smallest absolute Gasteiger partial charge is 0.282 e. The Bertz CT molecular complexity index is 447. The van der Waals surface area contributed by atoms with E-state index in [4.69, 9.17) is 4.55 Å².